The molecule has 0 aliphatic heterocycles. The van der Waals surface area contributed by atoms with E-state index in [-0.39, 0.29) is 11.3 Å². The summed E-state index contributed by atoms with van der Waals surface area (Å²) in [7, 11) is 4.49. The fourth-order valence-electron chi connectivity index (χ4n) is 3.49. The molecule has 1 fully saturated rings. The monoisotopic (exact) mass is 393 g/mol. The van der Waals surface area contributed by atoms with Crippen LogP contribution in [0, 0.1) is 6.10 Å². The Morgan fingerprint density at radius 1 is 0.714 bits per heavy atom. The van der Waals surface area contributed by atoms with Crippen LogP contribution in [0.15, 0.2) is 12.1 Å². The Labute approximate surface area is 168 Å². The maximum atomic E-state index is 12.6. The highest BCUT2D eigenvalue weighted by Crippen LogP contribution is 2.40. The van der Waals surface area contributed by atoms with E-state index in [2.05, 4.69) is 0 Å². The molecule has 6 heteroatoms. The third-order valence-electron chi connectivity index (χ3n) is 5.07. The summed E-state index contributed by atoms with van der Waals surface area (Å²) in [5, 5.41) is 0. The zero-order valence-electron chi connectivity index (χ0n) is 17.4. The van der Waals surface area contributed by atoms with Crippen molar-refractivity contribution in [3.63, 3.8) is 0 Å². The van der Waals surface area contributed by atoms with E-state index in [0.717, 1.165) is 31.8 Å². The maximum Gasteiger partial charge on any atom is 0.377 e. The first-order chi connectivity index (χ1) is 13.7. The molecule has 28 heavy (non-hydrogen) atoms. The number of ether oxygens (including phenoxy) is 3. The molecule has 157 valence electrons. The van der Waals surface area contributed by atoms with Crippen molar-refractivity contribution < 1.29 is 28.8 Å². The summed E-state index contributed by atoms with van der Waals surface area (Å²) in [5.74, 6) is 0.471. The minimum Gasteiger partial charge on any atom is -0.493 e. The second-order valence-electron chi connectivity index (χ2n) is 7.06. The molecule has 0 heterocycles. The first-order valence-electron chi connectivity index (χ1n) is 10.2. The van der Waals surface area contributed by atoms with Crippen LogP contribution >= 0.6 is 0 Å². The van der Waals surface area contributed by atoms with Crippen LogP contribution in [0.2, 0.25) is 0 Å². The third kappa shape index (κ3) is 6.59. The van der Waals surface area contributed by atoms with E-state index in [4.69, 9.17) is 24.0 Å². The van der Waals surface area contributed by atoms with Gasteiger partial charge in [0.2, 0.25) is 5.75 Å². The quantitative estimate of drug-likeness (QED) is 0.460. The van der Waals surface area contributed by atoms with E-state index in [1.165, 1.54) is 66.3 Å². The number of hydrogen-bond acceptors (Lipinski definition) is 6. The molecule has 0 amide bonds. The van der Waals surface area contributed by atoms with E-state index in [0.29, 0.717) is 11.5 Å². The molecular weight excluding hydrogens is 360 g/mol. The van der Waals surface area contributed by atoms with Crippen molar-refractivity contribution in [2.24, 2.45) is 0 Å². The number of carbonyl (C=O) groups is 1. The predicted octanol–water partition coefficient (Wildman–Crippen LogP) is 5.64. The predicted molar refractivity (Wildman–Crippen MR) is 107 cm³/mol. The molecule has 6 nitrogen and oxygen atoms in total. The number of rotatable bonds is 6. The summed E-state index contributed by atoms with van der Waals surface area (Å²) >= 11 is 0. The lowest BCUT2D eigenvalue weighted by Gasteiger charge is -2.17. The van der Waals surface area contributed by atoms with Gasteiger partial charge < -0.3 is 14.2 Å². The van der Waals surface area contributed by atoms with E-state index >= 15 is 0 Å². The largest absolute Gasteiger partial charge is 0.493 e. The Kier molecular flexibility index (Phi) is 9.97. The van der Waals surface area contributed by atoms with Gasteiger partial charge >= 0.3 is 5.97 Å². The summed E-state index contributed by atoms with van der Waals surface area (Å²) in [5.41, 5.74) is 0.230. The lowest BCUT2D eigenvalue weighted by atomic mass is 9.99. The fraction of sp³-hybridized carbons (Fsp3) is 0.636. The lowest BCUT2D eigenvalue weighted by molar-refractivity contribution is -0.237. The first-order valence-corrected chi connectivity index (χ1v) is 10.2. The Hall–Kier alpha value is -1.95. The van der Waals surface area contributed by atoms with Gasteiger partial charge in [0.1, 0.15) is 11.7 Å². The van der Waals surface area contributed by atoms with Crippen LogP contribution in [0.3, 0.4) is 0 Å². The van der Waals surface area contributed by atoms with Crippen molar-refractivity contribution in [2.45, 2.75) is 70.6 Å². The molecule has 0 saturated heterocycles. The molecule has 0 atom stereocenters. The van der Waals surface area contributed by atoms with Crippen LogP contribution in [-0.4, -0.2) is 27.3 Å². The van der Waals surface area contributed by atoms with Gasteiger partial charge in [-0.1, -0.05) is 57.8 Å². The van der Waals surface area contributed by atoms with Gasteiger partial charge in [-0.25, -0.2) is 4.79 Å². The van der Waals surface area contributed by atoms with Gasteiger partial charge in [0.25, 0.3) is 0 Å². The summed E-state index contributed by atoms with van der Waals surface area (Å²) < 4.78 is 15.9. The zero-order valence-corrected chi connectivity index (χ0v) is 17.4. The molecule has 1 saturated carbocycles. The minimum atomic E-state index is -0.614. The Bertz CT molecular complexity index is 589. The lowest BCUT2D eigenvalue weighted by Crippen LogP contribution is -2.12. The standard InChI is InChI=1S/C22H33O6/c1-24-19-16-15-18(20(25-2)21(19)26-3)22(23)28-27-17-13-11-9-7-5-4-6-8-10-12-14-17/h15-16H,4-14H2,1-3H3. The molecule has 0 N–H and O–H groups in total. The van der Waals surface area contributed by atoms with E-state index in [1.807, 2.05) is 0 Å². The van der Waals surface area contributed by atoms with Crippen molar-refractivity contribution in [3.05, 3.63) is 23.8 Å². The van der Waals surface area contributed by atoms with Crippen LogP contribution in [0.4, 0.5) is 0 Å². The van der Waals surface area contributed by atoms with E-state index in [9.17, 15) is 4.79 Å². The molecule has 0 spiro atoms. The summed E-state index contributed by atoms with van der Waals surface area (Å²) in [4.78, 5) is 23.2. The van der Waals surface area contributed by atoms with Crippen LogP contribution in [0.5, 0.6) is 17.2 Å². The highest BCUT2D eigenvalue weighted by molar-refractivity contribution is 5.93. The Morgan fingerprint density at radius 2 is 1.25 bits per heavy atom. The number of carbonyl (C=O) groups excluding carboxylic acids is 1. The highest BCUT2D eigenvalue weighted by Gasteiger charge is 2.24. The molecule has 2 rings (SSSR count). The highest BCUT2D eigenvalue weighted by atomic mass is 17.2. The van der Waals surface area contributed by atoms with Gasteiger partial charge in [0.15, 0.2) is 11.5 Å². The molecule has 0 bridgehead atoms. The fourth-order valence-corrected chi connectivity index (χ4v) is 3.49. The molecule has 0 aromatic heterocycles. The summed E-state index contributed by atoms with van der Waals surface area (Å²) in [6.45, 7) is 0. The van der Waals surface area contributed by atoms with E-state index in [1.54, 1.807) is 12.1 Å². The molecule has 1 aliphatic carbocycles. The Morgan fingerprint density at radius 3 is 1.75 bits per heavy atom. The molecule has 1 aromatic rings. The van der Waals surface area contributed by atoms with Crippen molar-refractivity contribution in [2.75, 3.05) is 21.3 Å². The van der Waals surface area contributed by atoms with Crippen molar-refractivity contribution in [1.29, 1.82) is 0 Å². The van der Waals surface area contributed by atoms with Gasteiger partial charge in [-0.15, -0.1) is 0 Å². The number of benzene rings is 1. The average Bonchev–Trinajstić information content (AvgIpc) is 2.71. The van der Waals surface area contributed by atoms with E-state index < -0.39 is 5.97 Å². The summed E-state index contributed by atoms with van der Waals surface area (Å²) in [6.07, 6.45) is 13.5. The Balaban J connectivity index is 1.98. The van der Waals surface area contributed by atoms with Gasteiger partial charge in [0, 0.05) is 0 Å². The smallest absolute Gasteiger partial charge is 0.377 e. The van der Waals surface area contributed by atoms with Crippen LogP contribution in [0.25, 0.3) is 0 Å². The van der Waals surface area contributed by atoms with Gasteiger partial charge in [0.05, 0.1) is 21.3 Å². The maximum absolute atomic E-state index is 12.6. The first kappa shape index (κ1) is 22.3. The SMILES string of the molecule is COc1ccc(C(=O)OO[C]2CCCCCCCCCCC2)c(OC)c1OC. The van der Waals surface area contributed by atoms with Crippen molar-refractivity contribution in [1.82, 2.24) is 0 Å². The van der Waals surface area contributed by atoms with Gasteiger partial charge in [-0.2, -0.15) is 4.89 Å². The van der Waals surface area contributed by atoms with Crippen molar-refractivity contribution in [3.8, 4) is 17.2 Å². The van der Waals surface area contributed by atoms with Crippen LogP contribution in [0.1, 0.15) is 81.0 Å². The number of hydrogen-bond donors (Lipinski definition) is 0. The minimum absolute atomic E-state index is 0.230. The number of methoxy groups -OCH3 is 3. The van der Waals surface area contributed by atoms with Crippen molar-refractivity contribution >= 4 is 5.97 Å². The second-order valence-corrected chi connectivity index (χ2v) is 7.06. The van der Waals surface area contributed by atoms with Crippen LogP contribution < -0.4 is 14.2 Å². The molecule has 1 aromatic carbocycles. The normalized spacial score (nSPS) is 17.1. The second kappa shape index (κ2) is 12.5. The molecule has 1 radical (unpaired) electrons. The molecule has 0 unspecified atom stereocenters. The molecular formula is C22H33O6. The topological polar surface area (TPSA) is 63.2 Å². The third-order valence-corrected chi connectivity index (χ3v) is 5.07. The average molecular weight is 394 g/mol. The van der Waals surface area contributed by atoms with Crippen LogP contribution in [-0.2, 0) is 9.78 Å². The van der Waals surface area contributed by atoms with Gasteiger partial charge in [-0.3, -0.25) is 4.89 Å². The summed E-state index contributed by atoms with van der Waals surface area (Å²) in [6, 6.07) is 3.22. The zero-order chi connectivity index (χ0) is 20.2. The van der Waals surface area contributed by atoms with Gasteiger partial charge in [-0.05, 0) is 25.0 Å². The molecule has 1 aliphatic rings.